The van der Waals surface area contributed by atoms with Gasteiger partial charge in [-0.2, -0.15) is 14.0 Å². The lowest BCUT2D eigenvalue weighted by Gasteiger charge is -2.11. The molecule has 0 aliphatic heterocycles. The largest absolute Gasteiger partial charge is 0.434 e. The second-order valence-electron chi connectivity index (χ2n) is 3.88. The minimum atomic E-state index is -2.85. The molecule has 0 saturated carbocycles. The predicted molar refractivity (Wildman–Crippen MR) is 69.4 cm³/mol. The van der Waals surface area contributed by atoms with Crippen molar-refractivity contribution in [1.82, 2.24) is 4.98 Å². The Morgan fingerprint density at radius 1 is 1.25 bits per heavy atom. The summed E-state index contributed by atoms with van der Waals surface area (Å²) in [6, 6.07) is 11.7. The SMILES string of the molecule is N#Cc1ccc(NCc2ccccc2OC(F)F)cn1. The van der Waals surface area contributed by atoms with Crippen LogP contribution in [0.1, 0.15) is 11.3 Å². The lowest BCUT2D eigenvalue weighted by molar-refractivity contribution is -0.0504. The van der Waals surface area contributed by atoms with E-state index >= 15 is 0 Å². The van der Waals surface area contributed by atoms with Gasteiger partial charge in [-0.05, 0) is 18.2 Å². The molecule has 0 saturated heterocycles. The van der Waals surface area contributed by atoms with Crippen LogP contribution in [-0.2, 0) is 6.54 Å². The standard InChI is InChI=1S/C14H11F2N3O/c15-14(16)20-13-4-2-1-3-10(13)8-18-12-6-5-11(7-17)19-9-12/h1-6,9,14,18H,8H2. The third kappa shape index (κ3) is 3.65. The summed E-state index contributed by atoms with van der Waals surface area (Å²) in [5.74, 6) is 0.136. The van der Waals surface area contributed by atoms with Crippen molar-refractivity contribution in [2.24, 2.45) is 0 Å². The van der Waals surface area contributed by atoms with E-state index in [0.717, 1.165) is 0 Å². The summed E-state index contributed by atoms with van der Waals surface area (Å²) in [7, 11) is 0. The van der Waals surface area contributed by atoms with Crippen LogP contribution in [0, 0.1) is 11.3 Å². The van der Waals surface area contributed by atoms with Crippen molar-refractivity contribution in [1.29, 1.82) is 5.26 Å². The van der Waals surface area contributed by atoms with Gasteiger partial charge in [-0.25, -0.2) is 4.98 Å². The van der Waals surface area contributed by atoms with Crippen LogP contribution < -0.4 is 10.1 Å². The summed E-state index contributed by atoms with van der Waals surface area (Å²) in [4.78, 5) is 3.91. The highest BCUT2D eigenvalue weighted by molar-refractivity contribution is 5.45. The molecule has 2 aromatic rings. The van der Waals surface area contributed by atoms with Crippen molar-refractivity contribution >= 4 is 5.69 Å². The van der Waals surface area contributed by atoms with Crippen LogP contribution in [0.2, 0.25) is 0 Å². The number of halogens is 2. The molecule has 1 heterocycles. The molecule has 0 fully saturated rings. The number of rotatable bonds is 5. The minimum absolute atomic E-state index is 0.136. The highest BCUT2D eigenvalue weighted by Crippen LogP contribution is 2.21. The number of benzene rings is 1. The Bertz CT molecular complexity index is 609. The Balaban J connectivity index is 2.04. The van der Waals surface area contributed by atoms with E-state index in [2.05, 4.69) is 15.0 Å². The molecule has 0 bridgehead atoms. The normalized spacial score (nSPS) is 10.1. The summed E-state index contributed by atoms with van der Waals surface area (Å²) in [6.07, 6.45) is 1.51. The van der Waals surface area contributed by atoms with E-state index in [1.54, 1.807) is 30.3 Å². The third-order valence-corrected chi connectivity index (χ3v) is 2.55. The van der Waals surface area contributed by atoms with Gasteiger partial charge in [0.1, 0.15) is 17.5 Å². The maximum atomic E-state index is 12.3. The van der Waals surface area contributed by atoms with E-state index in [1.165, 1.54) is 12.3 Å². The zero-order valence-electron chi connectivity index (χ0n) is 10.4. The molecule has 2 rings (SSSR count). The van der Waals surface area contributed by atoms with E-state index in [0.29, 0.717) is 23.5 Å². The Hall–Kier alpha value is -2.68. The molecule has 1 N–H and O–H groups in total. The summed E-state index contributed by atoms with van der Waals surface area (Å²) < 4.78 is 29.0. The number of para-hydroxylation sites is 1. The first-order valence-electron chi connectivity index (χ1n) is 5.82. The van der Waals surface area contributed by atoms with E-state index in [9.17, 15) is 8.78 Å². The minimum Gasteiger partial charge on any atom is -0.434 e. The lowest BCUT2D eigenvalue weighted by atomic mass is 10.2. The van der Waals surface area contributed by atoms with Crippen molar-refractivity contribution in [3.8, 4) is 11.8 Å². The molecule has 102 valence electrons. The van der Waals surface area contributed by atoms with Crippen molar-refractivity contribution < 1.29 is 13.5 Å². The summed E-state index contributed by atoms with van der Waals surface area (Å²) in [5.41, 5.74) is 1.62. The van der Waals surface area contributed by atoms with Gasteiger partial charge in [-0.15, -0.1) is 0 Å². The second-order valence-corrected chi connectivity index (χ2v) is 3.88. The number of nitrogens with one attached hydrogen (secondary N) is 1. The highest BCUT2D eigenvalue weighted by atomic mass is 19.3. The van der Waals surface area contributed by atoms with Gasteiger partial charge in [0.05, 0.1) is 11.9 Å². The first-order valence-corrected chi connectivity index (χ1v) is 5.82. The molecule has 0 aliphatic carbocycles. The van der Waals surface area contributed by atoms with E-state index in [-0.39, 0.29) is 5.75 Å². The van der Waals surface area contributed by atoms with Crippen LogP contribution in [-0.4, -0.2) is 11.6 Å². The number of hydrogen-bond acceptors (Lipinski definition) is 4. The van der Waals surface area contributed by atoms with Gasteiger partial charge in [0.25, 0.3) is 0 Å². The number of anilines is 1. The van der Waals surface area contributed by atoms with E-state index in [4.69, 9.17) is 5.26 Å². The van der Waals surface area contributed by atoms with E-state index < -0.39 is 6.61 Å². The monoisotopic (exact) mass is 275 g/mol. The molecule has 4 nitrogen and oxygen atoms in total. The Labute approximate surface area is 114 Å². The molecular formula is C14H11F2N3O. The van der Waals surface area contributed by atoms with Crippen LogP contribution in [0.25, 0.3) is 0 Å². The number of aromatic nitrogens is 1. The highest BCUT2D eigenvalue weighted by Gasteiger charge is 2.08. The van der Waals surface area contributed by atoms with Gasteiger partial charge in [-0.1, -0.05) is 18.2 Å². The fourth-order valence-electron chi connectivity index (χ4n) is 1.62. The second kappa shape index (κ2) is 6.48. The lowest BCUT2D eigenvalue weighted by Crippen LogP contribution is -2.07. The van der Waals surface area contributed by atoms with Crippen molar-refractivity contribution in [2.45, 2.75) is 13.2 Å². The van der Waals surface area contributed by atoms with Crippen molar-refractivity contribution in [3.05, 3.63) is 53.9 Å². The van der Waals surface area contributed by atoms with Crippen LogP contribution in [0.4, 0.5) is 14.5 Å². The van der Waals surface area contributed by atoms with Crippen LogP contribution >= 0.6 is 0 Å². The molecule has 0 unspecified atom stereocenters. The van der Waals surface area contributed by atoms with Crippen LogP contribution in [0.15, 0.2) is 42.6 Å². The number of nitrogens with zero attached hydrogens (tertiary/aromatic N) is 2. The van der Waals surface area contributed by atoms with Gasteiger partial charge >= 0.3 is 6.61 Å². The van der Waals surface area contributed by atoms with Gasteiger partial charge in [-0.3, -0.25) is 0 Å². The predicted octanol–water partition coefficient (Wildman–Crippen LogP) is 3.17. The van der Waals surface area contributed by atoms with Gasteiger partial charge in [0.2, 0.25) is 0 Å². The molecule has 1 aromatic heterocycles. The first-order chi connectivity index (χ1) is 9.69. The molecule has 0 radical (unpaired) electrons. The fourth-order valence-corrected chi connectivity index (χ4v) is 1.62. The molecule has 6 heteroatoms. The third-order valence-electron chi connectivity index (χ3n) is 2.55. The summed E-state index contributed by atoms with van der Waals surface area (Å²) >= 11 is 0. The van der Waals surface area contributed by atoms with Gasteiger partial charge < -0.3 is 10.1 Å². The maximum absolute atomic E-state index is 12.3. The average molecular weight is 275 g/mol. The number of hydrogen-bond donors (Lipinski definition) is 1. The summed E-state index contributed by atoms with van der Waals surface area (Å²) in [5, 5.41) is 11.7. The van der Waals surface area contributed by atoms with Crippen LogP contribution in [0.5, 0.6) is 5.75 Å². The Morgan fingerprint density at radius 2 is 2.05 bits per heavy atom. The molecule has 1 aromatic carbocycles. The van der Waals surface area contributed by atoms with Crippen molar-refractivity contribution in [3.63, 3.8) is 0 Å². The van der Waals surface area contributed by atoms with E-state index in [1.807, 2.05) is 6.07 Å². The molecule has 20 heavy (non-hydrogen) atoms. The topological polar surface area (TPSA) is 57.9 Å². The average Bonchev–Trinajstić information content (AvgIpc) is 2.46. The molecule has 0 amide bonds. The zero-order chi connectivity index (χ0) is 14.4. The Morgan fingerprint density at radius 3 is 2.70 bits per heavy atom. The van der Waals surface area contributed by atoms with Gasteiger partial charge in [0.15, 0.2) is 0 Å². The van der Waals surface area contributed by atoms with Gasteiger partial charge in [0, 0.05) is 12.1 Å². The zero-order valence-corrected chi connectivity index (χ0v) is 10.4. The molecule has 0 spiro atoms. The Kier molecular flexibility index (Phi) is 4.45. The first kappa shape index (κ1) is 13.7. The number of nitriles is 1. The summed E-state index contributed by atoms with van der Waals surface area (Å²) in [6.45, 7) is -2.54. The molecule has 0 atom stereocenters. The van der Waals surface area contributed by atoms with Crippen molar-refractivity contribution in [2.75, 3.05) is 5.32 Å². The smallest absolute Gasteiger partial charge is 0.387 e. The number of alkyl halides is 2. The molecule has 0 aliphatic rings. The quantitative estimate of drug-likeness (QED) is 0.910. The maximum Gasteiger partial charge on any atom is 0.387 e. The molecular weight excluding hydrogens is 264 g/mol. The fraction of sp³-hybridized carbons (Fsp3) is 0.143. The number of pyridine rings is 1. The van der Waals surface area contributed by atoms with Crippen LogP contribution in [0.3, 0.4) is 0 Å². The number of ether oxygens (including phenoxy) is 1.